The topological polar surface area (TPSA) is 50.9 Å². The molecule has 3 aromatic rings. The van der Waals surface area contributed by atoms with Gasteiger partial charge in [0.05, 0.1) is 16.9 Å². The van der Waals surface area contributed by atoms with Gasteiger partial charge in [0, 0.05) is 25.1 Å². The quantitative estimate of drug-likeness (QED) is 0.779. The highest BCUT2D eigenvalue weighted by Gasteiger charge is 2.14. The van der Waals surface area contributed by atoms with Crippen molar-refractivity contribution in [1.29, 1.82) is 0 Å². The Morgan fingerprint density at radius 3 is 2.74 bits per heavy atom. The molecule has 19 heavy (non-hydrogen) atoms. The lowest BCUT2D eigenvalue weighted by atomic mass is 10.1. The van der Waals surface area contributed by atoms with Crippen LogP contribution in [0.3, 0.4) is 0 Å². The summed E-state index contributed by atoms with van der Waals surface area (Å²) in [5, 5.41) is 15.8. The molecule has 0 amide bonds. The summed E-state index contributed by atoms with van der Waals surface area (Å²) in [6.45, 7) is 0. The van der Waals surface area contributed by atoms with E-state index in [1.54, 1.807) is 6.20 Å². The number of aliphatic hydroxyl groups excluding tert-OH is 1. The molecule has 2 aromatic heterocycles. The zero-order chi connectivity index (χ0) is 13.2. The number of fused-ring (bicyclic) bond motifs is 1. The summed E-state index contributed by atoms with van der Waals surface area (Å²) in [4.78, 5) is 4.18. The molecule has 1 aromatic carbocycles. The van der Waals surface area contributed by atoms with E-state index in [0.29, 0.717) is 12.1 Å². The van der Waals surface area contributed by atoms with Crippen LogP contribution in [-0.4, -0.2) is 19.9 Å². The molecule has 0 radical (unpaired) electrons. The second kappa shape index (κ2) is 4.82. The van der Waals surface area contributed by atoms with Gasteiger partial charge in [-0.05, 0) is 18.2 Å². The molecule has 0 spiro atoms. The maximum atomic E-state index is 10.2. The minimum absolute atomic E-state index is 0.471. The van der Waals surface area contributed by atoms with Gasteiger partial charge in [0.1, 0.15) is 6.10 Å². The zero-order valence-electron chi connectivity index (χ0n) is 10.7. The summed E-state index contributed by atoms with van der Waals surface area (Å²) >= 11 is 0. The lowest BCUT2D eigenvalue weighted by Crippen LogP contribution is -2.05. The van der Waals surface area contributed by atoms with Crippen molar-refractivity contribution in [3.8, 4) is 0 Å². The van der Waals surface area contributed by atoms with Crippen molar-refractivity contribution in [3.63, 3.8) is 0 Å². The minimum Gasteiger partial charge on any atom is -0.386 e. The maximum absolute atomic E-state index is 10.2. The number of pyridine rings is 1. The monoisotopic (exact) mass is 253 g/mol. The van der Waals surface area contributed by atoms with Crippen LogP contribution in [-0.2, 0) is 13.5 Å². The molecule has 0 saturated heterocycles. The first-order chi connectivity index (χ1) is 9.25. The van der Waals surface area contributed by atoms with Crippen LogP contribution in [0.5, 0.6) is 0 Å². The summed E-state index contributed by atoms with van der Waals surface area (Å²) in [5.74, 6) is 0. The highest BCUT2D eigenvalue weighted by atomic mass is 16.3. The van der Waals surface area contributed by atoms with E-state index in [9.17, 15) is 5.11 Å². The molecule has 4 heteroatoms. The van der Waals surface area contributed by atoms with E-state index >= 15 is 0 Å². The molecule has 4 nitrogen and oxygen atoms in total. The predicted molar refractivity (Wildman–Crippen MR) is 73.6 cm³/mol. The normalized spacial score (nSPS) is 12.7. The van der Waals surface area contributed by atoms with Crippen molar-refractivity contribution in [2.24, 2.45) is 7.05 Å². The summed E-state index contributed by atoms with van der Waals surface area (Å²) in [6, 6.07) is 13.6. The third-order valence-electron chi connectivity index (χ3n) is 3.25. The van der Waals surface area contributed by atoms with Crippen molar-refractivity contribution in [1.82, 2.24) is 14.8 Å². The van der Waals surface area contributed by atoms with Gasteiger partial charge in [0.2, 0.25) is 0 Å². The molecule has 0 saturated carbocycles. The van der Waals surface area contributed by atoms with Crippen molar-refractivity contribution in [2.75, 3.05) is 0 Å². The van der Waals surface area contributed by atoms with Gasteiger partial charge in [0.25, 0.3) is 0 Å². The third kappa shape index (κ3) is 2.22. The molecule has 1 N–H and O–H groups in total. The molecule has 0 fully saturated rings. The fourth-order valence-corrected chi connectivity index (χ4v) is 2.30. The van der Waals surface area contributed by atoms with E-state index < -0.39 is 6.10 Å². The number of aliphatic hydroxyl groups is 1. The molecule has 0 bridgehead atoms. The Hall–Kier alpha value is -2.20. The summed E-state index contributed by atoms with van der Waals surface area (Å²) in [6.07, 6.45) is 1.53. The molecule has 1 unspecified atom stereocenters. The average Bonchev–Trinajstić information content (AvgIpc) is 2.77. The second-order valence-electron chi connectivity index (χ2n) is 4.56. The van der Waals surface area contributed by atoms with Gasteiger partial charge in [-0.1, -0.05) is 24.3 Å². The Morgan fingerprint density at radius 2 is 1.95 bits per heavy atom. The number of rotatable bonds is 3. The van der Waals surface area contributed by atoms with Crippen LogP contribution in [0.4, 0.5) is 0 Å². The number of para-hydroxylation sites is 1. The Morgan fingerprint density at radius 1 is 1.16 bits per heavy atom. The van der Waals surface area contributed by atoms with Crippen molar-refractivity contribution < 1.29 is 5.11 Å². The molecule has 96 valence electrons. The van der Waals surface area contributed by atoms with E-state index in [0.717, 1.165) is 16.6 Å². The van der Waals surface area contributed by atoms with Crippen LogP contribution in [0.25, 0.3) is 10.9 Å². The standard InChI is InChI=1S/C15H15N3O/c1-18-14-8-3-2-6-11(14)13(17-18)10-15(19)12-7-4-5-9-16-12/h2-9,15,19H,10H2,1H3. The molecule has 0 aliphatic carbocycles. The zero-order valence-corrected chi connectivity index (χ0v) is 10.7. The summed E-state index contributed by atoms with van der Waals surface area (Å²) in [7, 11) is 1.92. The lowest BCUT2D eigenvalue weighted by molar-refractivity contribution is 0.172. The highest BCUT2D eigenvalue weighted by molar-refractivity contribution is 5.81. The summed E-state index contributed by atoms with van der Waals surface area (Å²) < 4.78 is 1.84. The van der Waals surface area contributed by atoms with Gasteiger partial charge in [-0.15, -0.1) is 0 Å². The Kier molecular flexibility index (Phi) is 3.01. The first-order valence-electron chi connectivity index (χ1n) is 6.25. The number of aryl methyl sites for hydroxylation is 1. The van der Waals surface area contributed by atoms with Gasteiger partial charge in [-0.2, -0.15) is 5.10 Å². The van der Waals surface area contributed by atoms with E-state index in [4.69, 9.17) is 0 Å². The first-order valence-corrected chi connectivity index (χ1v) is 6.25. The van der Waals surface area contributed by atoms with Gasteiger partial charge < -0.3 is 5.11 Å². The maximum Gasteiger partial charge on any atom is 0.102 e. The largest absolute Gasteiger partial charge is 0.386 e. The molecule has 0 aliphatic rings. The van der Waals surface area contributed by atoms with E-state index in [1.807, 2.05) is 54.2 Å². The number of hydrogen-bond acceptors (Lipinski definition) is 3. The van der Waals surface area contributed by atoms with Crippen LogP contribution < -0.4 is 0 Å². The Balaban J connectivity index is 1.94. The lowest BCUT2D eigenvalue weighted by Gasteiger charge is -2.07. The Labute approximate surface area is 111 Å². The Bertz CT molecular complexity index is 691. The predicted octanol–water partition coefficient (Wildman–Crippen LogP) is 2.24. The molecular formula is C15H15N3O. The summed E-state index contributed by atoms with van der Waals surface area (Å²) in [5.41, 5.74) is 2.65. The second-order valence-corrected chi connectivity index (χ2v) is 4.56. The highest BCUT2D eigenvalue weighted by Crippen LogP contribution is 2.22. The van der Waals surface area contributed by atoms with Crippen molar-refractivity contribution in [2.45, 2.75) is 12.5 Å². The van der Waals surface area contributed by atoms with Crippen LogP contribution in [0.15, 0.2) is 48.7 Å². The van der Waals surface area contributed by atoms with E-state index in [2.05, 4.69) is 10.1 Å². The van der Waals surface area contributed by atoms with Gasteiger partial charge >= 0.3 is 0 Å². The fraction of sp³-hybridized carbons (Fsp3) is 0.200. The molecule has 2 heterocycles. The van der Waals surface area contributed by atoms with Gasteiger partial charge in [0.15, 0.2) is 0 Å². The average molecular weight is 253 g/mol. The van der Waals surface area contributed by atoms with Gasteiger partial charge in [-0.25, -0.2) is 0 Å². The minimum atomic E-state index is -0.625. The van der Waals surface area contributed by atoms with Crippen molar-refractivity contribution in [3.05, 3.63) is 60.0 Å². The van der Waals surface area contributed by atoms with Crippen LogP contribution in [0.1, 0.15) is 17.5 Å². The van der Waals surface area contributed by atoms with E-state index in [-0.39, 0.29) is 0 Å². The number of benzene rings is 1. The third-order valence-corrected chi connectivity index (χ3v) is 3.25. The molecular weight excluding hydrogens is 238 g/mol. The van der Waals surface area contributed by atoms with Crippen LogP contribution >= 0.6 is 0 Å². The first kappa shape index (κ1) is 11.9. The van der Waals surface area contributed by atoms with Crippen molar-refractivity contribution >= 4 is 10.9 Å². The van der Waals surface area contributed by atoms with E-state index in [1.165, 1.54) is 0 Å². The number of aromatic nitrogens is 3. The van der Waals surface area contributed by atoms with Crippen LogP contribution in [0.2, 0.25) is 0 Å². The molecule has 3 rings (SSSR count). The SMILES string of the molecule is Cn1nc(CC(O)c2ccccn2)c2ccccc21. The van der Waals surface area contributed by atoms with Gasteiger partial charge in [-0.3, -0.25) is 9.67 Å². The fourth-order valence-electron chi connectivity index (χ4n) is 2.30. The van der Waals surface area contributed by atoms with Crippen LogP contribution in [0, 0.1) is 0 Å². The smallest absolute Gasteiger partial charge is 0.102 e. The molecule has 0 aliphatic heterocycles. The number of nitrogens with zero attached hydrogens (tertiary/aromatic N) is 3. The number of hydrogen-bond donors (Lipinski definition) is 1. The molecule has 1 atom stereocenters.